The van der Waals surface area contributed by atoms with Gasteiger partial charge >= 0.3 is 0 Å². The molecule has 0 fully saturated rings. The number of halogens is 1. The molecule has 0 heterocycles. The third kappa shape index (κ3) is 3.18. The highest BCUT2D eigenvalue weighted by molar-refractivity contribution is 9.10. The third-order valence-electron chi connectivity index (χ3n) is 2.61. The first-order valence-electron chi connectivity index (χ1n) is 5.69. The van der Waals surface area contributed by atoms with Gasteiger partial charge in [0.2, 0.25) is 0 Å². The Morgan fingerprint density at radius 3 is 2.44 bits per heavy atom. The van der Waals surface area contributed by atoms with Gasteiger partial charge in [0.1, 0.15) is 0 Å². The Balaban J connectivity index is 3.14. The molecule has 0 saturated heterocycles. The molecule has 16 heavy (non-hydrogen) atoms. The standard InChI is InChI=1S/C14H19BrO/c1-5-6-13(16)11-9-10(14(2,3)4)7-8-12(11)15/h7-9H,5-6H2,1-4H3. The van der Waals surface area contributed by atoms with Crippen molar-refractivity contribution in [3.63, 3.8) is 0 Å². The van der Waals surface area contributed by atoms with Crippen LogP contribution in [-0.4, -0.2) is 5.78 Å². The molecule has 1 aromatic carbocycles. The maximum absolute atomic E-state index is 11.9. The summed E-state index contributed by atoms with van der Waals surface area (Å²) in [5.41, 5.74) is 2.10. The highest BCUT2D eigenvalue weighted by atomic mass is 79.9. The molecule has 0 radical (unpaired) electrons. The van der Waals surface area contributed by atoms with E-state index in [1.807, 2.05) is 19.1 Å². The highest BCUT2D eigenvalue weighted by Crippen LogP contribution is 2.27. The maximum Gasteiger partial charge on any atom is 0.164 e. The molecule has 0 saturated carbocycles. The molecule has 0 unspecified atom stereocenters. The van der Waals surface area contributed by atoms with Crippen molar-refractivity contribution in [1.82, 2.24) is 0 Å². The van der Waals surface area contributed by atoms with Gasteiger partial charge in [-0.15, -0.1) is 0 Å². The SMILES string of the molecule is CCCC(=O)c1cc(C(C)(C)C)ccc1Br. The van der Waals surface area contributed by atoms with E-state index in [9.17, 15) is 4.79 Å². The molecule has 0 spiro atoms. The summed E-state index contributed by atoms with van der Waals surface area (Å²) in [5, 5.41) is 0. The monoisotopic (exact) mass is 282 g/mol. The number of hydrogen-bond donors (Lipinski definition) is 0. The van der Waals surface area contributed by atoms with Gasteiger partial charge in [-0.1, -0.05) is 49.7 Å². The van der Waals surface area contributed by atoms with Crippen molar-refractivity contribution in [2.75, 3.05) is 0 Å². The van der Waals surface area contributed by atoms with Crippen LogP contribution in [0.1, 0.15) is 56.5 Å². The number of Topliss-reactive ketones (excluding diaryl/α,β-unsaturated/α-hetero) is 1. The summed E-state index contributed by atoms with van der Waals surface area (Å²) in [5.74, 6) is 0.223. The Hall–Kier alpha value is -0.630. The number of carbonyl (C=O) groups is 1. The molecule has 88 valence electrons. The topological polar surface area (TPSA) is 17.1 Å². The average Bonchev–Trinajstić information content (AvgIpc) is 2.16. The molecule has 1 nitrogen and oxygen atoms in total. The van der Waals surface area contributed by atoms with E-state index >= 15 is 0 Å². The van der Waals surface area contributed by atoms with Gasteiger partial charge in [0, 0.05) is 16.5 Å². The van der Waals surface area contributed by atoms with Crippen LogP contribution in [-0.2, 0) is 5.41 Å². The fraction of sp³-hybridized carbons (Fsp3) is 0.500. The van der Waals surface area contributed by atoms with Crippen LogP contribution in [0.4, 0.5) is 0 Å². The summed E-state index contributed by atoms with van der Waals surface area (Å²) < 4.78 is 0.902. The molecule has 0 bridgehead atoms. The molecule has 0 N–H and O–H groups in total. The summed E-state index contributed by atoms with van der Waals surface area (Å²) in [4.78, 5) is 11.9. The van der Waals surface area contributed by atoms with E-state index in [-0.39, 0.29) is 11.2 Å². The fourth-order valence-corrected chi connectivity index (χ4v) is 2.03. The van der Waals surface area contributed by atoms with Gasteiger partial charge in [0.15, 0.2) is 5.78 Å². The van der Waals surface area contributed by atoms with Crippen LogP contribution in [0.15, 0.2) is 22.7 Å². The summed E-state index contributed by atoms with van der Waals surface area (Å²) in [7, 11) is 0. The minimum atomic E-state index is 0.0853. The van der Waals surface area contributed by atoms with Crippen LogP contribution < -0.4 is 0 Å². The van der Waals surface area contributed by atoms with Gasteiger partial charge in [-0.05, 0) is 29.5 Å². The predicted molar refractivity (Wildman–Crippen MR) is 72.1 cm³/mol. The quantitative estimate of drug-likeness (QED) is 0.733. The highest BCUT2D eigenvalue weighted by Gasteiger charge is 2.17. The molecule has 1 rings (SSSR count). The Kier molecular flexibility index (Phi) is 4.31. The van der Waals surface area contributed by atoms with Gasteiger partial charge in [0.25, 0.3) is 0 Å². The second kappa shape index (κ2) is 5.13. The van der Waals surface area contributed by atoms with Crippen molar-refractivity contribution < 1.29 is 4.79 Å². The average molecular weight is 283 g/mol. The first-order chi connectivity index (χ1) is 7.36. The minimum absolute atomic E-state index is 0.0853. The van der Waals surface area contributed by atoms with Gasteiger partial charge in [-0.3, -0.25) is 4.79 Å². The van der Waals surface area contributed by atoms with E-state index in [0.717, 1.165) is 16.5 Å². The molecule has 0 aliphatic heterocycles. The molecular weight excluding hydrogens is 264 g/mol. The zero-order valence-corrected chi connectivity index (χ0v) is 12.0. The fourth-order valence-electron chi connectivity index (χ4n) is 1.57. The number of carbonyl (C=O) groups excluding carboxylic acids is 1. The van der Waals surface area contributed by atoms with Crippen molar-refractivity contribution in [1.29, 1.82) is 0 Å². The zero-order valence-electron chi connectivity index (χ0n) is 10.4. The Bertz CT molecular complexity index is 388. The molecule has 1 aromatic rings. The lowest BCUT2D eigenvalue weighted by Crippen LogP contribution is -2.12. The van der Waals surface area contributed by atoms with Gasteiger partial charge in [-0.25, -0.2) is 0 Å². The van der Waals surface area contributed by atoms with Gasteiger partial charge in [-0.2, -0.15) is 0 Å². The van der Waals surface area contributed by atoms with Crippen LogP contribution >= 0.6 is 15.9 Å². The zero-order chi connectivity index (χ0) is 12.3. The van der Waals surface area contributed by atoms with Crippen molar-refractivity contribution in [3.05, 3.63) is 33.8 Å². The van der Waals surface area contributed by atoms with E-state index in [4.69, 9.17) is 0 Å². The van der Waals surface area contributed by atoms with Crippen LogP contribution in [0.3, 0.4) is 0 Å². The van der Waals surface area contributed by atoms with Crippen molar-refractivity contribution in [2.45, 2.75) is 46.0 Å². The molecule has 0 aromatic heterocycles. The Morgan fingerprint density at radius 1 is 1.31 bits per heavy atom. The first kappa shape index (κ1) is 13.4. The van der Waals surface area contributed by atoms with Crippen molar-refractivity contribution >= 4 is 21.7 Å². The molecule has 0 aliphatic carbocycles. The lowest BCUT2D eigenvalue weighted by atomic mass is 9.85. The van der Waals surface area contributed by atoms with E-state index in [1.54, 1.807) is 0 Å². The lowest BCUT2D eigenvalue weighted by Gasteiger charge is -2.20. The second-order valence-electron chi connectivity index (χ2n) is 5.12. The number of ketones is 1. The summed E-state index contributed by atoms with van der Waals surface area (Å²) in [6.45, 7) is 8.50. The molecule has 2 heteroatoms. The Labute approximate surface area is 106 Å². The maximum atomic E-state index is 11.9. The number of benzene rings is 1. The normalized spacial score (nSPS) is 11.6. The van der Waals surface area contributed by atoms with Crippen LogP contribution in [0, 0.1) is 0 Å². The minimum Gasteiger partial charge on any atom is -0.294 e. The third-order valence-corrected chi connectivity index (χ3v) is 3.30. The van der Waals surface area contributed by atoms with E-state index in [1.165, 1.54) is 5.56 Å². The van der Waals surface area contributed by atoms with Crippen LogP contribution in [0.2, 0.25) is 0 Å². The Morgan fingerprint density at radius 2 is 1.94 bits per heavy atom. The largest absolute Gasteiger partial charge is 0.294 e. The number of hydrogen-bond acceptors (Lipinski definition) is 1. The van der Waals surface area contributed by atoms with Crippen LogP contribution in [0.25, 0.3) is 0 Å². The summed E-state index contributed by atoms with van der Waals surface area (Å²) in [6, 6.07) is 6.07. The molecular formula is C14H19BrO. The molecule has 0 aliphatic rings. The second-order valence-corrected chi connectivity index (χ2v) is 5.97. The summed E-state index contributed by atoms with van der Waals surface area (Å²) >= 11 is 3.45. The number of rotatable bonds is 3. The van der Waals surface area contributed by atoms with E-state index in [2.05, 4.69) is 42.8 Å². The van der Waals surface area contributed by atoms with Crippen molar-refractivity contribution in [3.8, 4) is 0 Å². The van der Waals surface area contributed by atoms with Crippen LogP contribution in [0.5, 0.6) is 0 Å². The van der Waals surface area contributed by atoms with Gasteiger partial charge < -0.3 is 0 Å². The smallest absolute Gasteiger partial charge is 0.164 e. The van der Waals surface area contributed by atoms with Gasteiger partial charge in [0.05, 0.1) is 0 Å². The molecule has 0 atom stereocenters. The van der Waals surface area contributed by atoms with E-state index in [0.29, 0.717) is 6.42 Å². The first-order valence-corrected chi connectivity index (χ1v) is 6.48. The van der Waals surface area contributed by atoms with E-state index < -0.39 is 0 Å². The summed E-state index contributed by atoms with van der Waals surface area (Å²) in [6.07, 6.45) is 1.51. The lowest BCUT2D eigenvalue weighted by molar-refractivity contribution is 0.0981. The van der Waals surface area contributed by atoms with Crippen molar-refractivity contribution in [2.24, 2.45) is 0 Å². The molecule has 0 amide bonds. The predicted octanol–water partition coefficient (Wildman–Crippen LogP) is 4.73.